The van der Waals surface area contributed by atoms with Crippen molar-refractivity contribution < 1.29 is 0 Å². The van der Waals surface area contributed by atoms with E-state index in [0.717, 1.165) is 13.1 Å². The van der Waals surface area contributed by atoms with Gasteiger partial charge in [-0.2, -0.15) is 0 Å². The fourth-order valence-corrected chi connectivity index (χ4v) is 3.86. The molecule has 0 aliphatic heterocycles. The van der Waals surface area contributed by atoms with Crippen LogP contribution in [0.1, 0.15) is 90.2 Å². The number of unbranched alkanes of at least 4 members (excludes halogenated alkanes) is 2. The van der Waals surface area contributed by atoms with Gasteiger partial charge in [0.1, 0.15) is 0 Å². The Morgan fingerprint density at radius 3 is 1.79 bits per heavy atom. The van der Waals surface area contributed by atoms with Crippen LogP contribution in [0.15, 0.2) is 36.4 Å². The molecule has 0 saturated heterocycles. The molecule has 0 heterocycles. The van der Waals surface area contributed by atoms with Gasteiger partial charge in [-0.1, -0.05) is 72.6 Å². The summed E-state index contributed by atoms with van der Waals surface area (Å²) in [6, 6.07) is 13.6. The maximum absolute atomic E-state index is 3.70. The summed E-state index contributed by atoms with van der Waals surface area (Å²) in [7, 11) is 0. The van der Waals surface area contributed by atoms with E-state index in [-0.39, 0.29) is 0 Å². The first-order valence-corrected chi connectivity index (χ1v) is 11.2. The van der Waals surface area contributed by atoms with Crippen molar-refractivity contribution in [2.75, 3.05) is 23.7 Å². The summed E-state index contributed by atoms with van der Waals surface area (Å²) in [6.07, 6.45) is 4.86. The van der Waals surface area contributed by atoms with Crippen LogP contribution in [0.4, 0.5) is 11.4 Å². The molecule has 2 rings (SSSR count). The Morgan fingerprint density at radius 1 is 0.679 bits per heavy atom. The van der Waals surface area contributed by atoms with E-state index < -0.39 is 0 Å². The Morgan fingerprint density at radius 2 is 1.25 bits per heavy atom. The zero-order chi connectivity index (χ0) is 20.5. The number of benzene rings is 2. The van der Waals surface area contributed by atoms with E-state index in [2.05, 4.69) is 88.6 Å². The summed E-state index contributed by atoms with van der Waals surface area (Å²) in [4.78, 5) is 0. The number of nitrogens with one attached hydrogen (secondary N) is 2. The molecule has 0 saturated carbocycles. The van der Waals surface area contributed by atoms with E-state index in [1.165, 1.54) is 59.3 Å². The molecule has 154 valence electrons. The molecule has 0 radical (unpaired) electrons. The minimum Gasteiger partial charge on any atom is -0.385 e. The lowest BCUT2D eigenvalue weighted by atomic mass is 9.83. The van der Waals surface area contributed by atoms with E-state index in [4.69, 9.17) is 0 Å². The van der Waals surface area contributed by atoms with Gasteiger partial charge >= 0.3 is 0 Å². The topological polar surface area (TPSA) is 24.1 Å². The molecule has 0 fully saturated rings. The molecular formula is C26H40N2. The smallest absolute Gasteiger partial charge is 0.0378 e. The fraction of sp³-hybridized carbons (Fsp3) is 0.538. The number of hydrogen-bond acceptors (Lipinski definition) is 2. The Balaban J connectivity index is 2.39. The van der Waals surface area contributed by atoms with Crippen LogP contribution >= 0.6 is 0 Å². The minimum atomic E-state index is 0.489. The van der Waals surface area contributed by atoms with E-state index in [9.17, 15) is 0 Å². The maximum atomic E-state index is 3.70. The molecule has 28 heavy (non-hydrogen) atoms. The highest BCUT2D eigenvalue weighted by molar-refractivity contribution is 5.75. The largest absolute Gasteiger partial charge is 0.385 e. The molecule has 2 nitrogen and oxygen atoms in total. The van der Waals surface area contributed by atoms with E-state index in [1.54, 1.807) is 0 Å². The predicted molar refractivity (Wildman–Crippen MR) is 127 cm³/mol. The average Bonchev–Trinajstić information content (AvgIpc) is 2.68. The molecular weight excluding hydrogens is 340 g/mol. The summed E-state index contributed by atoms with van der Waals surface area (Å²) in [5, 5.41) is 7.22. The fourth-order valence-electron chi connectivity index (χ4n) is 3.86. The molecule has 0 amide bonds. The van der Waals surface area contributed by atoms with E-state index in [1.807, 2.05) is 0 Å². The van der Waals surface area contributed by atoms with Crippen molar-refractivity contribution in [2.45, 2.75) is 79.1 Å². The highest BCUT2D eigenvalue weighted by atomic mass is 14.9. The van der Waals surface area contributed by atoms with Crippen molar-refractivity contribution in [3.05, 3.63) is 47.5 Å². The molecule has 0 aliphatic rings. The Labute approximate surface area is 173 Å². The van der Waals surface area contributed by atoms with Crippen molar-refractivity contribution in [2.24, 2.45) is 0 Å². The van der Waals surface area contributed by atoms with Crippen molar-refractivity contribution >= 4 is 11.4 Å². The molecule has 2 aromatic carbocycles. The molecule has 2 aromatic rings. The lowest BCUT2D eigenvalue weighted by Gasteiger charge is -2.25. The molecule has 0 spiro atoms. The molecule has 0 bridgehead atoms. The summed E-state index contributed by atoms with van der Waals surface area (Å²) >= 11 is 0. The zero-order valence-corrected chi connectivity index (χ0v) is 18.9. The quantitative estimate of drug-likeness (QED) is 0.386. The van der Waals surface area contributed by atoms with Crippen molar-refractivity contribution in [3.8, 4) is 11.1 Å². The molecule has 2 heteroatoms. The third-order valence-electron chi connectivity index (χ3n) is 5.34. The van der Waals surface area contributed by atoms with Crippen LogP contribution in [-0.4, -0.2) is 13.1 Å². The lowest BCUT2D eigenvalue weighted by molar-refractivity contribution is 0.786. The Kier molecular flexibility index (Phi) is 8.89. The highest BCUT2D eigenvalue weighted by Crippen LogP contribution is 2.40. The lowest BCUT2D eigenvalue weighted by Crippen LogP contribution is -2.09. The van der Waals surface area contributed by atoms with Gasteiger partial charge in [0.05, 0.1) is 0 Å². The highest BCUT2D eigenvalue weighted by Gasteiger charge is 2.19. The maximum Gasteiger partial charge on any atom is 0.0378 e. The SMILES string of the molecule is CCCCNc1ccc(-c2ccc(NCCCC)c(C(C)C)c2C(C)C)cc1. The first-order valence-electron chi connectivity index (χ1n) is 11.2. The zero-order valence-electron chi connectivity index (χ0n) is 18.9. The minimum absolute atomic E-state index is 0.489. The van der Waals surface area contributed by atoms with Gasteiger partial charge in [-0.05, 0) is 65.1 Å². The monoisotopic (exact) mass is 380 g/mol. The summed E-state index contributed by atoms with van der Waals surface area (Å²) in [6.45, 7) is 15.8. The first-order chi connectivity index (χ1) is 13.5. The van der Waals surface area contributed by atoms with Gasteiger partial charge in [0, 0.05) is 24.5 Å². The third kappa shape index (κ3) is 5.77. The van der Waals surface area contributed by atoms with Gasteiger partial charge in [-0.15, -0.1) is 0 Å². The molecule has 0 aromatic heterocycles. The third-order valence-corrected chi connectivity index (χ3v) is 5.34. The first kappa shape index (κ1) is 22.3. The Hall–Kier alpha value is -1.96. The van der Waals surface area contributed by atoms with Gasteiger partial charge < -0.3 is 10.6 Å². The van der Waals surface area contributed by atoms with Gasteiger partial charge in [-0.3, -0.25) is 0 Å². The number of rotatable bonds is 11. The average molecular weight is 381 g/mol. The summed E-state index contributed by atoms with van der Waals surface area (Å²) in [5.74, 6) is 0.985. The van der Waals surface area contributed by atoms with Crippen molar-refractivity contribution in [1.82, 2.24) is 0 Å². The van der Waals surface area contributed by atoms with Crippen LogP contribution in [0, 0.1) is 0 Å². The van der Waals surface area contributed by atoms with Crippen LogP contribution < -0.4 is 10.6 Å². The van der Waals surface area contributed by atoms with Crippen molar-refractivity contribution in [1.29, 1.82) is 0 Å². The van der Waals surface area contributed by atoms with Gasteiger partial charge in [0.25, 0.3) is 0 Å². The molecule has 0 unspecified atom stereocenters. The van der Waals surface area contributed by atoms with Gasteiger partial charge in [0.15, 0.2) is 0 Å². The summed E-state index contributed by atoms with van der Waals surface area (Å²) in [5.41, 5.74) is 8.18. The second-order valence-electron chi connectivity index (χ2n) is 8.44. The number of anilines is 2. The van der Waals surface area contributed by atoms with Crippen LogP contribution in [0.2, 0.25) is 0 Å². The predicted octanol–water partition coefficient (Wildman–Crippen LogP) is 8.02. The van der Waals surface area contributed by atoms with Crippen LogP contribution in [0.3, 0.4) is 0 Å². The van der Waals surface area contributed by atoms with Gasteiger partial charge in [-0.25, -0.2) is 0 Å². The standard InChI is InChI=1S/C26H40N2/c1-7-9-17-27-22-13-11-21(12-14-22)23-15-16-24(28-18-10-8-2)26(20(5)6)25(23)19(3)4/h11-16,19-20,27-28H,7-10,17-18H2,1-6H3. The second-order valence-corrected chi connectivity index (χ2v) is 8.44. The van der Waals surface area contributed by atoms with Gasteiger partial charge in [0.2, 0.25) is 0 Å². The second kappa shape index (κ2) is 11.1. The normalized spacial score (nSPS) is 11.3. The van der Waals surface area contributed by atoms with Crippen LogP contribution in [-0.2, 0) is 0 Å². The van der Waals surface area contributed by atoms with E-state index >= 15 is 0 Å². The molecule has 0 atom stereocenters. The molecule has 0 aliphatic carbocycles. The Bertz CT molecular complexity index is 714. The van der Waals surface area contributed by atoms with Crippen LogP contribution in [0.5, 0.6) is 0 Å². The van der Waals surface area contributed by atoms with Crippen molar-refractivity contribution in [3.63, 3.8) is 0 Å². The number of hydrogen-bond donors (Lipinski definition) is 2. The van der Waals surface area contributed by atoms with E-state index in [0.29, 0.717) is 11.8 Å². The van der Waals surface area contributed by atoms with Crippen LogP contribution in [0.25, 0.3) is 11.1 Å². The molecule has 2 N–H and O–H groups in total. The summed E-state index contributed by atoms with van der Waals surface area (Å²) < 4.78 is 0.